The first-order valence-electron chi connectivity index (χ1n) is 8.86. The highest BCUT2D eigenvalue weighted by molar-refractivity contribution is 5.78. The van der Waals surface area contributed by atoms with E-state index in [0.717, 1.165) is 65.2 Å². The minimum absolute atomic E-state index is 0.184. The van der Waals surface area contributed by atoms with Gasteiger partial charge in [-0.05, 0) is 19.3 Å². The molecule has 3 saturated heterocycles. The topological polar surface area (TPSA) is 56.3 Å². The van der Waals surface area contributed by atoms with Crippen molar-refractivity contribution in [2.24, 2.45) is 0 Å². The molecule has 0 aromatic heterocycles. The second-order valence-corrected chi connectivity index (χ2v) is 6.66. The summed E-state index contributed by atoms with van der Waals surface area (Å²) in [6.07, 6.45) is 3.37. The maximum atomic E-state index is 12.3. The fourth-order valence-electron chi connectivity index (χ4n) is 3.50. The summed E-state index contributed by atoms with van der Waals surface area (Å²) in [5, 5.41) is 0. The van der Waals surface area contributed by atoms with Crippen molar-refractivity contribution in [3.63, 3.8) is 0 Å². The lowest BCUT2D eigenvalue weighted by atomic mass is 10.1. The van der Waals surface area contributed by atoms with E-state index in [1.807, 2.05) is 4.90 Å². The van der Waals surface area contributed by atoms with Crippen LogP contribution in [0.3, 0.4) is 0 Å². The van der Waals surface area contributed by atoms with Gasteiger partial charge in [-0.15, -0.1) is 0 Å². The van der Waals surface area contributed by atoms with Gasteiger partial charge in [-0.25, -0.2) is 4.79 Å². The number of nitrogens with zero attached hydrogens (tertiary/aromatic N) is 4. The molecule has 0 unspecified atom stereocenters. The van der Waals surface area contributed by atoms with Gasteiger partial charge in [-0.3, -0.25) is 14.6 Å². The van der Waals surface area contributed by atoms with E-state index < -0.39 is 0 Å². The highest BCUT2D eigenvalue weighted by Gasteiger charge is 2.25. The van der Waals surface area contributed by atoms with Crippen LogP contribution < -0.4 is 0 Å². The SMILES string of the molecule is O=C(CN1CCN(CCN2CCOC2=O)CC1)N1CCCCC1. The number of carbonyl (C=O) groups excluding carboxylic acids is 2. The minimum atomic E-state index is -0.184. The molecule has 23 heavy (non-hydrogen) atoms. The van der Waals surface area contributed by atoms with E-state index in [4.69, 9.17) is 4.74 Å². The molecule has 3 heterocycles. The molecular weight excluding hydrogens is 296 g/mol. The van der Waals surface area contributed by atoms with Crippen LogP contribution in [-0.4, -0.2) is 104 Å². The summed E-state index contributed by atoms with van der Waals surface area (Å²) in [4.78, 5) is 32.1. The summed E-state index contributed by atoms with van der Waals surface area (Å²) >= 11 is 0. The number of rotatable bonds is 5. The van der Waals surface area contributed by atoms with Crippen LogP contribution in [0, 0.1) is 0 Å². The number of carbonyl (C=O) groups is 2. The Kier molecular flexibility index (Phi) is 5.72. The minimum Gasteiger partial charge on any atom is -0.448 e. The van der Waals surface area contributed by atoms with E-state index >= 15 is 0 Å². The number of ether oxygens (including phenoxy) is 1. The van der Waals surface area contributed by atoms with Gasteiger partial charge in [0, 0.05) is 52.4 Å². The maximum Gasteiger partial charge on any atom is 0.409 e. The van der Waals surface area contributed by atoms with Crippen molar-refractivity contribution in [3.8, 4) is 0 Å². The molecule has 0 aliphatic carbocycles. The predicted octanol–water partition coefficient (Wildman–Crippen LogP) is 0.0687. The molecular formula is C16H28N4O3. The first-order chi connectivity index (χ1) is 11.2. The van der Waals surface area contributed by atoms with Crippen LogP contribution in [0.25, 0.3) is 0 Å². The lowest BCUT2D eigenvalue weighted by molar-refractivity contribution is -0.133. The predicted molar refractivity (Wildman–Crippen MR) is 86.2 cm³/mol. The molecule has 7 heteroatoms. The molecule has 7 nitrogen and oxygen atoms in total. The quantitative estimate of drug-likeness (QED) is 0.716. The van der Waals surface area contributed by atoms with Crippen LogP contribution in [0.15, 0.2) is 0 Å². The third kappa shape index (κ3) is 4.57. The number of hydrogen-bond acceptors (Lipinski definition) is 5. The Bertz CT molecular complexity index is 418. The lowest BCUT2D eigenvalue weighted by Crippen LogP contribution is -2.51. The number of likely N-dealkylation sites (tertiary alicyclic amines) is 1. The molecule has 3 aliphatic heterocycles. The van der Waals surface area contributed by atoms with Gasteiger partial charge >= 0.3 is 6.09 Å². The van der Waals surface area contributed by atoms with E-state index in [9.17, 15) is 9.59 Å². The van der Waals surface area contributed by atoms with Gasteiger partial charge in [0.25, 0.3) is 0 Å². The summed E-state index contributed by atoms with van der Waals surface area (Å²) in [5.41, 5.74) is 0. The van der Waals surface area contributed by atoms with E-state index in [2.05, 4.69) is 9.80 Å². The highest BCUT2D eigenvalue weighted by atomic mass is 16.6. The average Bonchev–Trinajstić information content (AvgIpc) is 3.00. The van der Waals surface area contributed by atoms with Crippen LogP contribution in [-0.2, 0) is 9.53 Å². The molecule has 0 atom stereocenters. The third-order valence-corrected chi connectivity index (χ3v) is 5.06. The van der Waals surface area contributed by atoms with E-state index in [-0.39, 0.29) is 12.0 Å². The van der Waals surface area contributed by atoms with Gasteiger partial charge in [0.2, 0.25) is 5.91 Å². The number of piperazine rings is 1. The van der Waals surface area contributed by atoms with Crippen LogP contribution >= 0.6 is 0 Å². The van der Waals surface area contributed by atoms with Crippen molar-refractivity contribution in [2.45, 2.75) is 19.3 Å². The molecule has 0 aromatic carbocycles. The molecule has 0 aromatic rings. The molecule has 0 spiro atoms. The van der Waals surface area contributed by atoms with Gasteiger partial charge in [-0.1, -0.05) is 0 Å². The fraction of sp³-hybridized carbons (Fsp3) is 0.875. The number of piperidine rings is 1. The first-order valence-corrected chi connectivity index (χ1v) is 8.86. The number of amides is 2. The van der Waals surface area contributed by atoms with Crippen LogP contribution in [0.2, 0.25) is 0 Å². The van der Waals surface area contributed by atoms with Crippen molar-refractivity contribution < 1.29 is 14.3 Å². The maximum absolute atomic E-state index is 12.3. The average molecular weight is 324 g/mol. The van der Waals surface area contributed by atoms with Crippen molar-refractivity contribution >= 4 is 12.0 Å². The Hall–Kier alpha value is -1.34. The molecule has 0 radical (unpaired) electrons. The Balaban J connectivity index is 1.33. The van der Waals surface area contributed by atoms with Crippen LogP contribution in [0.1, 0.15) is 19.3 Å². The van der Waals surface area contributed by atoms with Gasteiger partial charge in [0.1, 0.15) is 6.61 Å². The summed E-state index contributed by atoms with van der Waals surface area (Å²) in [6.45, 7) is 9.10. The van der Waals surface area contributed by atoms with Crippen molar-refractivity contribution in [1.82, 2.24) is 19.6 Å². The Labute approximate surface area is 138 Å². The third-order valence-electron chi connectivity index (χ3n) is 5.06. The van der Waals surface area contributed by atoms with E-state index in [1.165, 1.54) is 6.42 Å². The lowest BCUT2D eigenvalue weighted by Gasteiger charge is -2.36. The van der Waals surface area contributed by atoms with Crippen LogP contribution in [0.5, 0.6) is 0 Å². The first kappa shape index (κ1) is 16.5. The van der Waals surface area contributed by atoms with Crippen molar-refractivity contribution in [3.05, 3.63) is 0 Å². The highest BCUT2D eigenvalue weighted by Crippen LogP contribution is 2.10. The Morgan fingerprint density at radius 3 is 2.22 bits per heavy atom. The Morgan fingerprint density at radius 2 is 1.57 bits per heavy atom. The second kappa shape index (κ2) is 7.97. The number of hydrogen-bond donors (Lipinski definition) is 0. The summed E-state index contributed by atoms with van der Waals surface area (Å²) in [6, 6.07) is 0. The van der Waals surface area contributed by atoms with Gasteiger partial charge in [-0.2, -0.15) is 0 Å². The molecule has 3 aliphatic rings. The van der Waals surface area contributed by atoms with Gasteiger partial charge < -0.3 is 14.5 Å². The summed E-state index contributed by atoms with van der Waals surface area (Å²) in [5.74, 6) is 0.290. The van der Waals surface area contributed by atoms with Crippen molar-refractivity contribution in [1.29, 1.82) is 0 Å². The molecule has 3 rings (SSSR count). The van der Waals surface area contributed by atoms with E-state index in [1.54, 1.807) is 4.90 Å². The zero-order chi connectivity index (χ0) is 16.1. The summed E-state index contributed by atoms with van der Waals surface area (Å²) < 4.78 is 4.94. The number of cyclic esters (lactones) is 1. The molecule has 0 N–H and O–H groups in total. The van der Waals surface area contributed by atoms with Gasteiger partial charge in [0.05, 0.1) is 13.1 Å². The zero-order valence-corrected chi connectivity index (χ0v) is 13.9. The fourth-order valence-corrected chi connectivity index (χ4v) is 3.50. The second-order valence-electron chi connectivity index (χ2n) is 6.66. The smallest absolute Gasteiger partial charge is 0.409 e. The van der Waals surface area contributed by atoms with Gasteiger partial charge in [0.15, 0.2) is 0 Å². The standard InChI is InChI=1S/C16H28N4O3/c21-15(19-4-2-1-3-5-19)14-18-8-6-17(7-9-18)10-11-20-12-13-23-16(20)22/h1-14H2. The molecule has 2 amide bonds. The van der Waals surface area contributed by atoms with Crippen molar-refractivity contribution in [2.75, 3.05) is 72.1 Å². The molecule has 3 fully saturated rings. The zero-order valence-electron chi connectivity index (χ0n) is 13.9. The molecule has 130 valence electrons. The molecule has 0 saturated carbocycles. The van der Waals surface area contributed by atoms with E-state index in [0.29, 0.717) is 19.7 Å². The Morgan fingerprint density at radius 1 is 0.870 bits per heavy atom. The van der Waals surface area contributed by atoms with Crippen LogP contribution in [0.4, 0.5) is 4.79 Å². The monoisotopic (exact) mass is 324 g/mol. The largest absolute Gasteiger partial charge is 0.448 e. The molecule has 0 bridgehead atoms. The normalized spacial score (nSPS) is 24.1. The summed E-state index contributed by atoms with van der Waals surface area (Å²) in [7, 11) is 0.